The van der Waals surface area contributed by atoms with Crippen molar-refractivity contribution in [3.8, 4) is 0 Å². The summed E-state index contributed by atoms with van der Waals surface area (Å²) in [5.74, 6) is -0.172. The minimum Gasteiger partial charge on any atom is -0.466 e. The minimum absolute atomic E-state index is 0.0164. The lowest BCUT2D eigenvalue weighted by atomic mass is 10.0. The maximum Gasteiger partial charge on any atom is 0.307 e. The second kappa shape index (κ2) is 6.35. The fraction of sp³-hybridized carbons (Fsp3) is 0.538. The Labute approximate surface area is 103 Å². The van der Waals surface area contributed by atoms with Gasteiger partial charge in [0.25, 0.3) is 0 Å². The monoisotopic (exact) mass is 236 g/mol. The number of ether oxygens (including phenoxy) is 1. The summed E-state index contributed by atoms with van der Waals surface area (Å²) in [5, 5.41) is 0. The third kappa shape index (κ3) is 3.82. The molecule has 0 aromatic carbocycles. The molecule has 0 N–H and O–H groups in total. The second-order valence-corrected chi connectivity index (χ2v) is 4.22. The molecule has 0 spiro atoms. The number of hydrogen-bond acceptors (Lipinski definition) is 4. The number of aryl methyl sites for hydroxylation is 1. The van der Waals surface area contributed by atoms with Crippen molar-refractivity contribution in [3.05, 3.63) is 29.6 Å². The van der Waals surface area contributed by atoms with Gasteiger partial charge in [-0.2, -0.15) is 0 Å². The molecule has 0 amide bonds. The van der Waals surface area contributed by atoms with Crippen LogP contribution in [0.5, 0.6) is 0 Å². The van der Waals surface area contributed by atoms with Crippen LogP contribution >= 0.6 is 0 Å². The van der Waals surface area contributed by atoms with Gasteiger partial charge >= 0.3 is 5.97 Å². The first-order valence-electron chi connectivity index (χ1n) is 5.78. The number of pyridine rings is 1. The van der Waals surface area contributed by atoms with Gasteiger partial charge in [0.2, 0.25) is 0 Å². The second-order valence-electron chi connectivity index (χ2n) is 4.22. The quantitative estimate of drug-likeness (QED) is 0.733. The summed E-state index contributed by atoms with van der Waals surface area (Å²) in [4.78, 5) is 17.7. The minimum atomic E-state index is -0.172. The van der Waals surface area contributed by atoms with E-state index in [1.165, 1.54) is 0 Å². The Morgan fingerprint density at radius 3 is 2.76 bits per heavy atom. The van der Waals surface area contributed by atoms with Crippen molar-refractivity contribution in [1.82, 2.24) is 9.88 Å². The summed E-state index contributed by atoms with van der Waals surface area (Å²) in [6, 6.07) is 1.97. The highest BCUT2D eigenvalue weighted by molar-refractivity contribution is 5.70. The zero-order valence-electron chi connectivity index (χ0n) is 10.9. The van der Waals surface area contributed by atoms with Gasteiger partial charge in [-0.15, -0.1) is 0 Å². The van der Waals surface area contributed by atoms with E-state index in [0.717, 1.165) is 11.1 Å². The zero-order valence-corrected chi connectivity index (χ0v) is 10.9. The van der Waals surface area contributed by atoms with Gasteiger partial charge < -0.3 is 9.64 Å². The van der Waals surface area contributed by atoms with Gasteiger partial charge in [-0.25, -0.2) is 0 Å². The molecule has 94 valence electrons. The molecule has 0 radical (unpaired) electrons. The van der Waals surface area contributed by atoms with E-state index in [1.54, 1.807) is 6.20 Å². The van der Waals surface area contributed by atoms with Crippen molar-refractivity contribution < 1.29 is 9.53 Å². The third-order valence-electron chi connectivity index (χ3n) is 2.73. The first-order chi connectivity index (χ1) is 8.06. The van der Waals surface area contributed by atoms with Crippen LogP contribution in [0.3, 0.4) is 0 Å². The Morgan fingerprint density at radius 1 is 1.53 bits per heavy atom. The molecule has 1 atom stereocenters. The van der Waals surface area contributed by atoms with Crippen LogP contribution in [-0.4, -0.2) is 36.6 Å². The lowest BCUT2D eigenvalue weighted by molar-refractivity contribution is -0.144. The number of carbonyl (C=O) groups excluding carboxylic acids is 1. The van der Waals surface area contributed by atoms with Gasteiger partial charge in [0.15, 0.2) is 0 Å². The first-order valence-corrected chi connectivity index (χ1v) is 5.78. The molecule has 4 heteroatoms. The SMILES string of the molecule is CCOC(=O)CC(c1cnccc1C)N(C)C. The number of aromatic nitrogens is 1. The molecule has 1 heterocycles. The van der Waals surface area contributed by atoms with Gasteiger partial charge in [-0.1, -0.05) is 0 Å². The first kappa shape index (κ1) is 13.6. The lowest BCUT2D eigenvalue weighted by Gasteiger charge is -2.24. The average molecular weight is 236 g/mol. The Bertz CT molecular complexity index is 377. The number of hydrogen-bond donors (Lipinski definition) is 0. The van der Waals surface area contributed by atoms with Gasteiger partial charge in [-0.3, -0.25) is 9.78 Å². The Hall–Kier alpha value is -1.42. The van der Waals surface area contributed by atoms with Gasteiger partial charge in [0.05, 0.1) is 13.0 Å². The summed E-state index contributed by atoms with van der Waals surface area (Å²) in [6.07, 6.45) is 3.93. The number of nitrogens with zero attached hydrogens (tertiary/aromatic N) is 2. The van der Waals surface area contributed by atoms with Crippen LogP contribution < -0.4 is 0 Å². The molecule has 0 fully saturated rings. The van der Waals surface area contributed by atoms with Crippen LogP contribution in [0.15, 0.2) is 18.5 Å². The molecule has 0 saturated heterocycles. The number of esters is 1. The fourth-order valence-corrected chi connectivity index (χ4v) is 1.77. The van der Waals surface area contributed by atoms with Gasteiger partial charge in [-0.05, 0) is 45.1 Å². The molecule has 0 aliphatic heterocycles. The van der Waals surface area contributed by atoms with Gasteiger partial charge in [0.1, 0.15) is 0 Å². The molecule has 0 bridgehead atoms. The van der Waals surface area contributed by atoms with Crippen LogP contribution in [0, 0.1) is 6.92 Å². The Morgan fingerprint density at radius 2 is 2.24 bits per heavy atom. The molecular weight excluding hydrogens is 216 g/mol. The smallest absolute Gasteiger partial charge is 0.307 e. The van der Waals surface area contributed by atoms with E-state index in [0.29, 0.717) is 13.0 Å². The maximum atomic E-state index is 11.6. The number of carbonyl (C=O) groups is 1. The van der Waals surface area contributed by atoms with E-state index in [-0.39, 0.29) is 12.0 Å². The maximum absolute atomic E-state index is 11.6. The fourth-order valence-electron chi connectivity index (χ4n) is 1.77. The van der Waals surface area contributed by atoms with Crippen molar-refractivity contribution in [1.29, 1.82) is 0 Å². The van der Waals surface area contributed by atoms with Crippen LogP contribution in [0.4, 0.5) is 0 Å². The van der Waals surface area contributed by atoms with Gasteiger partial charge in [0, 0.05) is 18.4 Å². The summed E-state index contributed by atoms with van der Waals surface area (Å²) < 4.78 is 5.00. The standard InChI is InChI=1S/C13H20N2O2/c1-5-17-13(16)8-12(15(3)4)11-9-14-7-6-10(11)2/h6-7,9,12H,5,8H2,1-4H3. The van der Waals surface area contributed by atoms with Crippen molar-refractivity contribution in [2.45, 2.75) is 26.3 Å². The summed E-state index contributed by atoms with van der Waals surface area (Å²) in [6.45, 7) is 4.27. The topological polar surface area (TPSA) is 42.4 Å². The summed E-state index contributed by atoms with van der Waals surface area (Å²) >= 11 is 0. The molecule has 1 aromatic rings. The highest BCUT2D eigenvalue weighted by atomic mass is 16.5. The molecule has 0 aliphatic carbocycles. The van der Waals surface area contributed by atoms with Crippen LogP contribution in [0.2, 0.25) is 0 Å². The molecular formula is C13H20N2O2. The summed E-state index contributed by atoms with van der Waals surface area (Å²) in [7, 11) is 3.91. The zero-order chi connectivity index (χ0) is 12.8. The predicted octanol–water partition coefficient (Wildman–Crippen LogP) is 1.95. The van der Waals surface area contributed by atoms with E-state index in [4.69, 9.17) is 4.74 Å². The highest BCUT2D eigenvalue weighted by Gasteiger charge is 2.20. The van der Waals surface area contributed by atoms with E-state index in [1.807, 2.05) is 45.1 Å². The third-order valence-corrected chi connectivity index (χ3v) is 2.73. The summed E-state index contributed by atoms with van der Waals surface area (Å²) in [5.41, 5.74) is 2.22. The van der Waals surface area contributed by atoms with E-state index in [9.17, 15) is 4.79 Å². The van der Waals surface area contributed by atoms with Crippen LogP contribution in [-0.2, 0) is 9.53 Å². The molecule has 0 saturated carbocycles. The molecule has 1 unspecified atom stereocenters. The van der Waals surface area contributed by atoms with Crippen molar-refractivity contribution >= 4 is 5.97 Å². The normalized spacial score (nSPS) is 12.5. The lowest BCUT2D eigenvalue weighted by Crippen LogP contribution is -2.24. The van der Waals surface area contributed by atoms with Crippen LogP contribution in [0.25, 0.3) is 0 Å². The van der Waals surface area contributed by atoms with E-state index < -0.39 is 0 Å². The average Bonchev–Trinajstić information content (AvgIpc) is 2.27. The molecule has 1 aromatic heterocycles. The Balaban J connectivity index is 2.87. The highest BCUT2D eigenvalue weighted by Crippen LogP contribution is 2.24. The van der Waals surface area contributed by atoms with Crippen molar-refractivity contribution in [2.75, 3.05) is 20.7 Å². The molecule has 4 nitrogen and oxygen atoms in total. The number of rotatable bonds is 5. The molecule has 0 aliphatic rings. The van der Waals surface area contributed by atoms with Crippen LogP contribution in [0.1, 0.15) is 30.5 Å². The van der Waals surface area contributed by atoms with Crippen molar-refractivity contribution in [2.24, 2.45) is 0 Å². The van der Waals surface area contributed by atoms with E-state index in [2.05, 4.69) is 4.98 Å². The predicted molar refractivity (Wildman–Crippen MR) is 66.7 cm³/mol. The van der Waals surface area contributed by atoms with Crippen molar-refractivity contribution in [3.63, 3.8) is 0 Å². The Kier molecular flexibility index (Phi) is 5.10. The molecule has 17 heavy (non-hydrogen) atoms. The molecule has 1 rings (SSSR count). The van der Waals surface area contributed by atoms with E-state index >= 15 is 0 Å². The largest absolute Gasteiger partial charge is 0.466 e.